The van der Waals surface area contributed by atoms with Gasteiger partial charge < -0.3 is 0 Å². The van der Waals surface area contributed by atoms with Crippen LogP contribution >= 0.6 is 0 Å². The van der Waals surface area contributed by atoms with Crippen molar-refractivity contribution in [3.63, 3.8) is 0 Å². The lowest BCUT2D eigenvalue weighted by molar-refractivity contribution is 0.256. The highest BCUT2D eigenvalue weighted by molar-refractivity contribution is 7.92. The van der Waals surface area contributed by atoms with Crippen LogP contribution in [0.3, 0.4) is 0 Å². The van der Waals surface area contributed by atoms with Crippen LogP contribution in [0.25, 0.3) is 0 Å². The molecule has 1 aromatic heterocycles. The van der Waals surface area contributed by atoms with E-state index in [4.69, 9.17) is 0 Å². The molecule has 0 aliphatic carbocycles. The van der Waals surface area contributed by atoms with E-state index in [9.17, 15) is 21.6 Å². The first-order valence-corrected chi connectivity index (χ1v) is 11.6. The minimum atomic E-state index is -4.50. The summed E-state index contributed by atoms with van der Waals surface area (Å²) in [5.74, 6) is 0.546. The second-order valence-corrected chi connectivity index (χ2v) is 9.41. The molecule has 13 heteroatoms. The first-order chi connectivity index (χ1) is 13.5. The third kappa shape index (κ3) is 5.25. The zero-order chi connectivity index (χ0) is 21.8. The standard InChI is InChI=1S/C16H22N6O5S2/c1-5-22(6-2)29(26,27)14-10-8-7-9-13(14)28(24,25)21-16(23)20-15-18-11(3)17-12(4)19-15/h7-10H,5-6H2,1-4H3,(H2,17,18,19,20,21,23). The van der Waals surface area contributed by atoms with Crippen molar-refractivity contribution in [1.29, 1.82) is 0 Å². The first kappa shape index (κ1) is 22.6. The van der Waals surface area contributed by atoms with Crippen molar-refractivity contribution in [2.45, 2.75) is 37.5 Å². The zero-order valence-electron chi connectivity index (χ0n) is 16.4. The highest BCUT2D eigenvalue weighted by atomic mass is 32.2. The molecular formula is C16H22N6O5S2. The van der Waals surface area contributed by atoms with Crippen molar-refractivity contribution in [2.75, 3.05) is 18.4 Å². The summed E-state index contributed by atoms with van der Waals surface area (Å²) in [6, 6.07) is 3.94. The minimum absolute atomic E-state index is 0.133. The zero-order valence-corrected chi connectivity index (χ0v) is 18.0. The third-order valence-electron chi connectivity index (χ3n) is 3.77. The Morgan fingerprint density at radius 1 is 0.931 bits per heavy atom. The number of hydrogen-bond acceptors (Lipinski definition) is 8. The Morgan fingerprint density at radius 2 is 1.45 bits per heavy atom. The fourth-order valence-electron chi connectivity index (χ4n) is 2.56. The molecular weight excluding hydrogens is 420 g/mol. The molecule has 0 bridgehead atoms. The number of rotatable bonds is 7. The molecule has 0 atom stereocenters. The molecule has 0 saturated heterocycles. The Balaban J connectivity index is 2.36. The summed E-state index contributed by atoms with van der Waals surface area (Å²) in [5, 5.41) is 2.20. The van der Waals surface area contributed by atoms with Crippen LogP contribution in [-0.2, 0) is 20.0 Å². The van der Waals surface area contributed by atoms with Crippen molar-refractivity contribution in [3.05, 3.63) is 35.9 Å². The molecule has 0 saturated carbocycles. The number of hydrogen-bond donors (Lipinski definition) is 2. The van der Waals surface area contributed by atoms with Crippen molar-refractivity contribution < 1.29 is 21.6 Å². The number of aryl methyl sites for hydroxylation is 2. The van der Waals surface area contributed by atoms with Gasteiger partial charge in [0.25, 0.3) is 10.0 Å². The molecule has 11 nitrogen and oxygen atoms in total. The molecule has 0 fully saturated rings. The van der Waals surface area contributed by atoms with Gasteiger partial charge in [-0.05, 0) is 26.0 Å². The van der Waals surface area contributed by atoms with Gasteiger partial charge >= 0.3 is 6.03 Å². The number of sulfonamides is 2. The van der Waals surface area contributed by atoms with Crippen LogP contribution in [-0.4, -0.2) is 55.2 Å². The molecule has 2 amide bonds. The molecule has 0 aliphatic heterocycles. The number of urea groups is 1. The van der Waals surface area contributed by atoms with Crippen LogP contribution in [0.15, 0.2) is 34.1 Å². The van der Waals surface area contributed by atoms with Gasteiger partial charge in [-0.25, -0.2) is 31.3 Å². The summed E-state index contributed by atoms with van der Waals surface area (Å²) in [7, 11) is -8.57. The Hall–Kier alpha value is -2.64. The van der Waals surface area contributed by atoms with Crippen molar-refractivity contribution >= 4 is 32.0 Å². The predicted molar refractivity (Wildman–Crippen MR) is 105 cm³/mol. The summed E-state index contributed by atoms with van der Waals surface area (Å²) in [6.45, 7) is 6.79. The van der Waals surface area contributed by atoms with Crippen LogP contribution in [0.1, 0.15) is 25.5 Å². The number of carbonyl (C=O) groups is 1. The fraction of sp³-hybridized carbons (Fsp3) is 0.375. The number of amides is 2. The molecule has 29 heavy (non-hydrogen) atoms. The molecule has 1 heterocycles. The number of nitrogens with one attached hydrogen (secondary N) is 2. The van der Waals surface area contributed by atoms with E-state index in [0.29, 0.717) is 11.6 Å². The van der Waals surface area contributed by atoms with Gasteiger partial charge in [-0.15, -0.1) is 0 Å². The predicted octanol–water partition coefficient (Wildman–Crippen LogP) is 1.03. The van der Waals surface area contributed by atoms with E-state index in [1.54, 1.807) is 32.4 Å². The number of nitrogens with zero attached hydrogens (tertiary/aromatic N) is 4. The molecule has 0 aliphatic rings. The van der Waals surface area contributed by atoms with E-state index < -0.39 is 35.9 Å². The average Bonchev–Trinajstić information content (AvgIpc) is 2.61. The first-order valence-electron chi connectivity index (χ1n) is 8.63. The van der Waals surface area contributed by atoms with E-state index in [2.05, 4.69) is 20.3 Å². The lowest BCUT2D eigenvalue weighted by Crippen LogP contribution is -2.37. The van der Waals surface area contributed by atoms with Crippen molar-refractivity contribution in [1.82, 2.24) is 24.0 Å². The van der Waals surface area contributed by atoms with E-state index in [-0.39, 0.29) is 19.0 Å². The van der Waals surface area contributed by atoms with E-state index in [0.717, 1.165) is 10.4 Å². The molecule has 0 radical (unpaired) electrons. The van der Waals surface area contributed by atoms with Gasteiger partial charge in [-0.3, -0.25) is 5.32 Å². The maximum absolute atomic E-state index is 12.8. The van der Waals surface area contributed by atoms with Crippen LogP contribution in [0, 0.1) is 13.8 Å². The van der Waals surface area contributed by atoms with Gasteiger partial charge in [0.05, 0.1) is 0 Å². The largest absolute Gasteiger partial charge is 0.335 e. The minimum Gasteiger partial charge on any atom is -0.275 e. The molecule has 2 aromatic rings. The maximum atomic E-state index is 12.8. The lowest BCUT2D eigenvalue weighted by atomic mass is 10.4. The Kier molecular flexibility index (Phi) is 6.87. The Labute approximate surface area is 169 Å². The number of aromatic nitrogens is 3. The van der Waals surface area contributed by atoms with Gasteiger partial charge in [0.1, 0.15) is 21.4 Å². The number of carbonyl (C=O) groups excluding carboxylic acids is 1. The molecule has 1 aromatic carbocycles. The van der Waals surface area contributed by atoms with E-state index in [1.165, 1.54) is 18.2 Å². The molecule has 0 spiro atoms. The highest BCUT2D eigenvalue weighted by Gasteiger charge is 2.30. The smallest absolute Gasteiger partial charge is 0.275 e. The van der Waals surface area contributed by atoms with Crippen LogP contribution in [0.2, 0.25) is 0 Å². The van der Waals surface area contributed by atoms with Crippen LogP contribution < -0.4 is 10.0 Å². The Morgan fingerprint density at radius 3 is 1.97 bits per heavy atom. The summed E-state index contributed by atoms with van der Waals surface area (Å²) in [5.41, 5.74) is 0. The summed E-state index contributed by atoms with van der Waals surface area (Å²) < 4.78 is 54.0. The van der Waals surface area contributed by atoms with E-state index >= 15 is 0 Å². The highest BCUT2D eigenvalue weighted by Crippen LogP contribution is 2.24. The van der Waals surface area contributed by atoms with Gasteiger partial charge in [0.2, 0.25) is 16.0 Å². The molecule has 2 rings (SSSR count). The number of anilines is 1. The SMILES string of the molecule is CCN(CC)S(=O)(=O)c1ccccc1S(=O)(=O)NC(=O)Nc1nc(C)nc(C)n1. The van der Waals surface area contributed by atoms with Gasteiger partial charge in [0.15, 0.2) is 0 Å². The molecule has 0 unspecified atom stereocenters. The normalized spacial score (nSPS) is 12.0. The Bertz CT molecular complexity index is 1090. The van der Waals surface area contributed by atoms with Crippen LogP contribution in [0.5, 0.6) is 0 Å². The van der Waals surface area contributed by atoms with E-state index in [1.807, 2.05) is 0 Å². The summed E-state index contributed by atoms with van der Waals surface area (Å²) in [4.78, 5) is 22.9. The second-order valence-electron chi connectivity index (χ2n) is 5.85. The lowest BCUT2D eigenvalue weighted by Gasteiger charge is -2.20. The van der Waals surface area contributed by atoms with Gasteiger partial charge in [0, 0.05) is 13.1 Å². The summed E-state index contributed by atoms with van der Waals surface area (Å²) >= 11 is 0. The van der Waals surface area contributed by atoms with Crippen LogP contribution in [0.4, 0.5) is 10.7 Å². The maximum Gasteiger partial charge on any atom is 0.335 e. The van der Waals surface area contributed by atoms with Crippen molar-refractivity contribution in [3.8, 4) is 0 Å². The summed E-state index contributed by atoms with van der Waals surface area (Å²) in [6.07, 6.45) is 0. The topological polar surface area (TPSA) is 151 Å². The fourth-order valence-corrected chi connectivity index (χ4v) is 5.74. The molecule has 2 N–H and O–H groups in total. The average molecular weight is 443 g/mol. The number of benzene rings is 1. The third-order valence-corrected chi connectivity index (χ3v) is 7.40. The second kappa shape index (κ2) is 8.80. The monoisotopic (exact) mass is 442 g/mol. The molecule has 158 valence electrons. The quantitative estimate of drug-likeness (QED) is 0.645. The van der Waals surface area contributed by atoms with Gasteiger partial charge in [-0.2, -0.15) is 14.3 Å². The van der Waals surface area contributed by atoms with Gasteiger partial charge in [-0.1, -0.05) is 26.0 Å². The van der Waals surface area contributed by atoms with Crippen molar-refractivity contribution in [2.24, 2.45) is 0 Å².